The Labute approximate surface area is 152 Å². The summed E-state index contributed by atoms with van der Waals surface area (Å²) in [4.78, 5) is 37.7. The van der Waals surface area contributed by atoms with Crippen LogP contribution in [0.4, 0.5) is 0 Å². The molecule has 0 saturated carbocycles. The number of nitrogens with one attached hydrogen (secondary N) is 1. The summed E-state index contributed by atoms with van der Waals surface area (Å²) in [5.74, 6) is 5.39. The molecule has 0 bridgehead atoms. The van der Waals surface area contributed by atoms with E-state index in [0.717, 1.165) is 36.8 Å². The minimum Gasteiger partial charge on any atom is -0.396 e. The Balaban J connectivity index is 1.72. The van der Waals surface area contributed by atoms with E-state index >= 15 is 0 Å². The second-order valence-electron chi connectivity index (χ2n) is 6.57. The molecule has 0 aliphatic carbocycles. The minimum atomic E-state index is -0.605. The van der Waals surface area contributed by atoms with E-state index in [1.165, 1.54) is 0 Å². The van der Waals surface area contributed by atoms with E-state index in [0.29, 0.717) is 18.5 Å². The number of imide groups is 1. The molecule has 3 amide bonds. The standard InChI is InChI=1S/C20H22N2O4/c23-12-5-3-1-2-4-7-14-8-6-9-15-16(14)13-22(20(15)26)17-10-11-18(24)21-19(17)25/h6,8-9,17,23H,1-3,5,10-13H2,(H,21,24,25). The molecule has 26 heavy (non-hydrogen) atoms. The monoisotopic (exact) mass is 354 g/mol. The normalized spacial score (nSPS) is 19.0. The van der Waals surface area contributed by atoms with Gasteiger partial charge in [-0.1, -0.05) is 24.3 Å². The van der Waals surface area contributed by atoms with E-state index in [-0.39, 0.29) is 24.8 Å². The molecule has 0 aromatic heterocycles. The lowest BCUT2D eigenvalue weighted by atomic mass is 10.0. The highest BCUT2D eigenvalue weighted by molar-refractivity contribution is 6.05. The number of rotatable bonds is 5. The van der Waals surface area contributed by atoms with E-state index < -0.39 is 11.9 Å². The molecule has 1 fully saturated rings. The first-order valence-corrected chi connectivity index (χ1v) is 8.98. The number of carbonyl (C=O) groups excluding carboxylic acids is 3. The van der Waals surface area contributed by atoms with Gasteiger partial charge in [0.2, 0.25) is 11.8 Å². The Morgan fingerprint density at radius 1 is 1.19 bits per heavy atom. The zero-order valence-corrected chi connectivity index (χ0v) is 14.6. The van der Waals surface area contributed by atoms with Crippen molar-refractivity contribution >= 4 is 17.7 Å². The van der Waals surface area contributed by atoms with Crippen molar-refractivity contribution in [2.75, 3.05) is 6.61 Å². The molecular weight excluding hydrogens is 332 g/mol. The molecule has 1 aromatic carbocycles. The highest BCUT2D eigenvalue weighted by atomic mass is 16.3. The lowest BCUT2D eigenvalue weighted by Gasteiger charge is -2.29. The number of aliphatic hydroxyl groups is 1. The van der Waals surface area contributed by atoms with Crippen molar-refractivity contribution in [3.05, 3.63) is 34.9 Å². The number of unbranched alkanes of at least 4 members (excludes halogenated alkanes) is 3. The number of fused-ring (bicyclic) bond motifs is 1. The van der Waals surface area contributed by atoms with E-state index in [1.807, 2.05) is 6.07 Å². The molecule has 6 heteroatoms. The van der Waals surface area contributed by atoms with Crippen molar-refractivity contribution in [2.24, 2.45) is 0 Å². The Kier molecular flexibility index (Phi) is 5.69. The number of piperidine rings is 1. The Morgan fingerprint density at radius 3 is 2.81 bits per heavy atom. The van der Waals surface area contributed by atoms with Gasteiger partial charge in [-0.3, -0.25) is 19.7 Å². The van der Waals surface area contributed by atoms with Crippen LogP contribution < -0.4 is 5.32 Å². The summed E-state index contributed by atoms with van der Waals surface area (Å²) in [6.07, 6.45) is 4.02. The summed E-state index contributed by atoms with van der Waals surface area (Å²) in [6.45, 7) is 0.549. The number of benzene rings is 1. The molecule has 2 aliphatic heterocycles. The molecular formula is C20H22N2O4. The van der Waals surface area contributed by atoms with Crippen LogP contribution >= 0.6 is 0 Å². The second-order valence-corrected chi connectivity index (χ2v) is 6.57. The predicted octanol–water partition coefficient (Wildman–Crippen LogP) is 1.35. The van der Waals surface area contributed by atoms with Gasteiger partial charge in [-0.15, -0.1) is 0 Å². The van der Waals surface area contributed by atoms with Gasteiger partial charge in [-0.25, -0.2) is 0 Å². The maximum Gasteiger partial charge on any atom is 0.255 e. The lowest BCUT2D eigenvalue weighted by molar-refractivity contribution is -0.136. The fourth-order valence-electron chi connectivity index (χ4n) is 3.36. The van der Waals surface area contributed by atoms with Crippen LogP contribution in [0, 0.1) is 11.8 Å². The molecule has 0 radical (unpaired) electrons. The quantitative estimate of drug-likeness (QED) is 0.475. The average molecular weight is 354 g/mol. The Hall–Kier alpha value is -2.65. The zero-order valence-electron chi connectivity index (χ0n) is 14.6. The molecule has 1 aromatic rings. The molecule has 2 heterocycles. The van der Waals surface area contributed by atoms with Gasteiger partial charge >= 0.3 is 0 Å². The number of aliphatic hydroxyl groups excluding tert-OH is 1. The predicted molar refractivity (Wildman–Crippen MR) is 94.9 cm³/mol. The number of amides is 3. The summed E-state index contributed by atoms with van der Waals surface area (Å²) in [6, 6.07) is 4.85. The second kappa shape index (κ2) is 8.15. The first kappa shape index (κ1) is 18.2. The van der Waals surface area contributed by atoms with Crippen molar-refractivity contribution < 1.29 is 19.5 Å². The van der Waals surface area contributed by atoms with Crippen LogP contribution in [-0.4, -0.2) is 40.4 Å². The maximum absolute atomic E-state index is 12.7. The SMILES string of the molecule is O=C1CCC(N2Cc3c(C#CCCCCCO)cccc3C2=O)C(=O)N1. The summed E-state index contributed by atoms with van der Waals surface area (Å²) in [5, 5.41) is 11.1. The Morgan fingerprint density at radius 2 is 2.04 bits per heavy atom. The van der Waals surface area contributed by atoms with Crippen LogP contribution in [0.1, 0.15) is 60.0 Å². The maximum atomic E-state index is 12.7. The van der Waals surface area contributed by atoms with Gasteiger partial charge in [0.05, 0.1) is 0 Å². The van der Waals surface area contributed by atoms with Gasteiger partial charge in [-0.05, 0) is 37.0 Å². The summed E-state index contributed by atoms with van der Waals surface area (Å²) in [7, 11) is 0. The molecule has 1 saturated heterocycles. The summed E-state index contributed by atoms with van der Waals surface area (Å²) in [5.41, 5.74) is 2.25. The lowest BCUT2D eigenvalue weighted by Crippen LogP contribution is -2.52. The van der Waals surface area contributed by atoms with Crippen LogP contribution in [0.2, 0.25) is 0 Å². The van der Waals surface area contributed by atoms with Gasteiger partial charge in [0, 0.05) is 37.1 Å². The van der Waals surface area contributed by atoms with Crippen molar-refractivity contribution in [2.45, 2.75) is 51.1 Å². The molecule has 136 valence electrons. The third-order valence-electron chi connectivity index (χ3n) is 4.77. The summed E-state index contributed by atoms with van der Waals surface area (Å²) >= 11 is 0. The van der Waals surface area contributed by atoms with Gasteiger partial charge in [0.25, 0.3) is 5.91 Å². The van der Waals surface area contributed by atoms with Crippen LogP contribution in [0.5, 0.6) is 0 Å². The van der Waals surface area contributed by atoms with Crippen molar-refractivity contribution in [1.82, 2.24) is 10.2 Å². The fourth-order valence-corrected chi connectivity index (χ4v) is 3.36. The van der Waals surface area contributed by atoms with E-state index in [2.05, 4.69) is 17.2 Å². The van der Waals surface area contributed by atoms with Gasteiger partial charge in [0.15, 0.2) is 0 Å². The number of nitrogens with zero attached hydrogens (tertiary/aromatic N) is 1. The van der Waals surface area contributed by atoms with Gasteiger partial charge in [0.1, 0.15) is 6.04 Å². The molecule has 0 spiro atoms. The number of carbonyl (C=O) groups is 3. The number of hydrogen-bond donors (Lipinski definition) is 2. The molecule has 3 rings (SSSR count). The topological polar surface area (TPSA) is 86.7 Å². The molecule has 6 nitrogen and oxygen atoms in total. The third-order valence-corrected chi connectivity index (χ3v) is 4.77. The van der Waals surface area contributed by atoms with Crippen molar-refractivity contribution in [3.8, 4) is 11.8 Å². The highest BCUT2D eigenvalue weighted by Crippen LogP contribution is 2.29. The smallest absolute Gasteiger partial charge is 0.255 e. The zero-order chi connectivity index (χ0) is 18.5. The average Bonchev–Trinajstić information content (AvgIpc) is 2.96. The molecule has 1 atom stereocenters. The van der Waals surface area contributed by atoms with Gasteiger partial charge < -0.3 is 10.0 Å². The highest BCUT2D eigenvalue weighted by Gasteiger charge is 2.39. The molecule has 1 unspecified atom stereocenters. The fraction of sp³-hybridized carbons (Fsp3) is 0.450. The van der Waals surface area contributed by atoms with E-state index in [4.69, 9.17) is 5.11 Å². The van der Waals surface area contributed by atoms with Crippen LogP contribution in [0.3, 0.4) is 0 Å². The van der Waals surface area contributed by atoms with Crippen molar-refractivity contribution in [3.63, 3.8) is 0 Å². The third kappa shape index (κ3) is 3.78. The van der Waals surface area contributed by atoms with E-state index in [1.54, 1.807) is 17.0 Å². The van der Waals surface area contributed by atoms with Crippen molar-refractivity contribution in [1.29, 1.82) is 0 Å². The minimum absolute atomic E-state index is 0.180. The van der Waals surface area contributed by atoms with Crippen LogP contribution in [0.15, 0.2) is 18.2 Å². The van der Waals surface area contributed by atoms with Gasteiger partial charge in [-0.2, -0.15) is 0 Å². The van der Waals surface area contributed by atoms with Crippen LogP contribution in [-0.2, 0) is 16.1 Å². The first-order valence-electron chi connectivity index (χ1n) is 8.98. The Bertz CT molecular complexity index is 791. The molecule has 2 aliphatic rings. The largest absolute Gasteiger partial charge is 0.396 e. The van der Waals surface area contributed by atoms with Crippen LogP contribution in [0.25, 0.3) is 0 Å². The summed E-state index contributed by atoms with van der Waals surface area (Å²) < 4.78 is 0. The number of hydrogen-bond acceptors (Lipinski definition) is 4. The first-order chi connectivity index (χ1) is 12.6. The van der Waals surface area contributed by atoms with E-state index in [9.17, 15) is 14.4 Å². The molecule has 2 N–H and O–H groups in total.